The third-order valence-electron chi connectivity index (χ3n) is 3.72. The van der Waals surface area contributed by atoms with Crippen molar-refractivity contribution in [3.05, 3.63) is 29.9 Å². The van der Waals surface area contributed by atoms with E-state index in [4.69, 9.17) is 15.0 Å². The molecule has 0 fully saturated rings. The molecule has 0 aliphatic carbocycles. The van der Waals surface area contributed by atoms with Gasteiger partial charge in [-0.25, -0.2) is 4.98 Å². The summed E-state index contributed by atoms with van der Waals surface area (Å²) < 4.78 is 11.2. The molecule has 7 nitrogen and oxygen atoms in total. The normalized spacial score (nSPS) is 13.5. The lowest BCUT2D eigenvalue weighted by atomic mass is 9.96. The van der Waals surface area contributed by atoms with Crippen LogP contribution in [0.15, 0.2) is 17.0 Å². The predicted octanol–water partition coefficient (Wildman–Crippen LogP) is 2.09. The number of nitrogens with two attached hydrogens (primary N) is 1. The van der Waals surface area contributed by atoms with Gasteiger partial charge in [-0.1, -0.05) is 19.0 Å². The van der Waals surface area contributed by atoms with Crippen LogP contribution in [0.5, 0.6) is 0 Å². The van der Waals surface area contributed by atoms with Crippen LogP contribution in [-0.2, 0) is 16.8 Å². The Morgan fingerprint density at radius 1 is 1.38 bits per heavy atom. The van der Waals surface area contributed by atoms with Crippen molar-refractivity contribution in [1.82, 2.24) is 20.1 Å². The molecule has 7 heteroatoms. The van der Waals surface area contributed by atoms with Crippen LogP contribution in [-0.4, -0.2) is 26.7 Å². The highest BCUT2D eigenvalue weighted by atomic mass is 16.5. The van der Waals surface area contributed by atoms with E-state index in [1.54, 1.807) is 12.5 Å². The Balaban J connectivity index is 2.16. The second-order valence-electron chi connectivity index (χ2n) is 4.98. The van der Waals surface area contributed by atoms with Crippen molar-refractivity contribution in [3.63, 3.8) is 0 Å². The highest BCUT2D eigenvalue weighted by Gasteiger charge is 2.35. The summed E-state index contributed by atoms with van der Waals surface area (Å²) in [6.45, 7) is 6.68. The summed E-state index contributed by atoms with van der Waals surface area (Å²) in [5.41, 5.74) is 6.55. The summed E-state index contributed by atoms with van der Waals surface area (Å²) in [5.74, 6) is 0.995. The molecule has 0 aliphatic heterocycles. The molecule has 21 heavy (non-hydrogen) atoms. The maximum absolute atomic E-state index is 6.11. The quantitative estimate of drug-likeness (QED) is 0.772. The fourth-order valence-electron chi connectivity index (χ4n) is 2.40. The van der Waals surface area contributed by atoms with E-state index in [9.17, 15) is 0 Å². The van der Waals surface area contributed by atoms with Gasteiger partial charge in [0.15, 0.2) is 0 Å². The fourth-order valence-corrected chi connectivity index (χ4v) is 2.40. The van der Waals surface area contributed by atoms with Gasteiger partial charge in [-0.3, -0.25) is 0 Å². The van der Waals surface area contributed by atoms with Gasteiger partial charge in [0.25, 0.3) is 0 Å². The summed E-state index contributed by atoms with van der Waals surface area (Å²) in [7, 11) is 0. The van der Waals surface area contributed by atoms with Crippen LogP contribution in [0, 0.1) is 0 Å². The minimum Gasteiger partial charge on any atom is -0.367 e. The predicted molar refractivity (Wildman–Crippen MR) is 77.4 cm³/mol. The molecule has 0 saturated heterocycles. The van der Waals surface area contributed by atoms with Crippen molar-refractivity contribution in [3.8, 4) is 0 Å². The molecule has 2 aromatic rings. The summed E-state index contributed by atoms with van der Waals surface area (Å²) in [4.78, 5) is 11.4. The van der Waals surface area contributed by atoms with Gasteiger partial charge in [-0.05, 0) is 19.8 Å². The largest absolute Gasteiger partial charge is 0.367 e. The first kappa shape index (κ1) is 15.7. The maximum Gasteiger partial charge on any atom is 0.244 e. The average molecular weight is 293 g/mol. The number of H-pyrrole nitrogens is 1. The molecular formula is C14H23N5O2. The molecule has 2 heterocycles. The third-order valence-corrected chi connectivity index (χ3v) is 3.72. The summed E-state index contributed by atoms with van der Waals surface area (Å²) in [6, 6.07) is -0.361. The van der Waals surface area contributed by atoms with Crippen LogP contribution in [0.2, 0.25) is 0 Å². The molecule has 3 N–H and O–H groups in total. The van der Waals surface area contributed by atoms with Gasteiger partial charge >= 0.3 is 0 Å². The topological polar surface area (TPSA) is 103 Å². The third kappa shape index (κ3) is 3.30. The van der Waals surface area contributed by atoms with Crippen molar-refractivity contribution < 1.29 is 9.26 Å². The van der Waals surface area contributed by atoms with Crippen molar-refractivity contribution in [2.45, 2.75) is 51.7 Å². The minimum absolute atomic E-state index is 0.361. The molecule has 0 unspecified atom stereocenters. The Hall–Kier alpha value is -1.73. The number of aromatic amines is 1. The van der Waals surface area contributed by atoms with Crippen LogP contribution in [0.1, 0.15) is 57.1 Å². The fraction of sp³-hybridized carbons (Fsp3) is 0.643. The second kappa shape index (κ2) is 6.82. The molecule has 0 spiro atoms. The van der Waals surface area contributed by atoms with E-state index in [0.717, 1.165) is 18.5 Å². The molecule has 0 amide bonds. The van der Waals surface area contributed by atoms with E-state index in [1.165, 1.54) is 0 Å². The SMILES string of the molecule is CCOC(CC)(CC)c1noc([C@H](N)Cc2cnc[nH]2)n1. The molecule has 1 atom stereocenters. The first-order valence-corrected chi connectivity index (χ1v) is 7.36. The highest BCUT2D eigenvalue weighted by Crippen LogP contribution is 2.31. The van der Waals surface area contributed by atoms with Crippen molar-refractivity contribution in [1.29, 1.82) is 0 Å². The van der Waals surface area contributed by atoms with Gasteiger partial charge in [-0.2, -0.15) is 4.98 Å². The first-order valence-electron chi connectivity index (χ1n) is 7.36. The standard InChI is InChI=1S/C14H23N5O2/c1-4-14(5-2,20-6-3)13-18-12(21-19-13)11(15)7-10-8-16-9-17-10/h8-9,11H,4-7,15H2,1-3H3,(H,16,17)/t11-/m1/s1. The number of hydrogen-bond donors (Lipinski definition) is 2. The zero-order chi connectivity index (χ0) is 15.3. The van der Waals surface area contributed by atoms with E-state index >= 15 is 0 Å². The Bertz CT molecular complexity index is 533. The van der Waals surface area contributed by atoms with Gasteiger partial charge < -0.3 is 20.0 Å². The molecule has 0 bridgehead atoms. The molecule has 116 valence electrons. The van der Waals surface area contributed by atoms with Crippen LogP contribution >= 0.6 is 0 Å². The van der Waals surface area contributed by atoms with E-state index in [-0.39, 0.29) is 6.04 Å². The molecular weight excluding hydrogens is 270 g/mol. The Morgan fingerprint density at radius 3 is 2.71 bits per heavy atom. The maximum atomic E-state index is 6.11. The van der Waals surface area contributed by atoms with Gasteiger partial charge in [0.1, 0.15) is 5.60 Å². The van der Waals surface area contributed by atoms with Gasteiger partial charge in [0.2, 0.25) is 11.7 Å². The smallest absolute Gasteiger partial charge is 0.244 e. The van der Waals surface area contributed by atoms with Crippen molar-refractivity contribution >= 4 is 0 Å². The van der Waals surface area contributed by atoms with Crippen LogP contribution in [0.4, 0.5) is 0 Å². The lowest BCUT2D eigenvalue weighted by molar-refractivity contribution is -0.0583. The zero-order valence-electron chi connectivity index (χ0n) is 12.8. The summed E-state index contributed by atoms with van der Waals surface area (Å²) in [5, 5.41) is 4.08. The van der Waals surface area contributed by atoms with E-state index in [0.29, 0.717) is 24.7 Å². The average Bonchev–Trinajstić information content (AvgIpc) is 3.16. The number of nitrogens with one attached hydrogen (secondary N) is 1. The number of nitrogens with zero attached hydrogens (tertiary/aromatic N) is 3. The molecule has 2 aromatic heterocycles. The van der Waals surface area contributed by atoms with E-state index < -0.39 is 5.60 Å². The first-order chi connectivity index (χ1) is 10.1. The molecule has 0 aromatic carbocycles. The summed E-state index contributed by atoms with van der Waals surface area (Å²) >= 11 is 0. The lowest BCUT2D eigenvalue weighted by Gasteiger charge is -2.27. The van der Waals surface area contributed by atoms with Gasteiger partial charge in [-0.15, -0.1) is 0 Å². The molecule has 0 aliphatic rings. The van der Waals surface area contributed by atoms with Crippen LogP contribution in [0.3, 0.4) is 0 Å². The molecule has 0 saturated carbocycles. The van der Waals surface area contributed by atoms with Crippen LogP contribution < -0.4 is 5.73 Å². The minimum atomic E-state index is -0.496. The Kier molecular flexibility index (Phi) is 5.08. The van der Waals surface area contributed by atoms with Gasteiger partial charge in [0, 0.05) is 24.9 Å². The molecule has 2 rings (SSSR count). The number of rotatable bonds is 8. The van der Waals surface area contributed by atoms with Crippen LogP contribution in [0.25, 0.3) is 0 Å². The Labute approximate surface area is 124 Å². The number of hydrogen-bond acceptors (Lipinski definition) is 6. The Morgan fingerprint density at radius 2 is 2.14 bits per heavy atom. The van der Waals surface area contributed by atoms with Crippen molar-refractivity contribution in [2.75, 3.05) is 6.61 Å². The summed E-state index contributed by atoms with van der Waals surface area (Å²) in [6.07, 6.45) is 5.50. The van der Waals surface area contributed by atoms with Crippen molar-refractivity contribution in [2.24, 2.45) is 5.73 Å². The highest BCUT2D eigenvalue weighted by molar-refractivity contribution is 5.06. The second-order valence-corrected chi connectivity index (χ2v) is 4.98. The van der Waals surface area contributed by atoms with Gasteiger partial charge in [0.05, 0.1) is 12.4 Å². The number of ether oxygens (including phenoxy) is 1. The number of aromatic nitrogens is 4. The van der Waals surface area contributed by atoms with E-state index in [1.807, 2.05) is 6.92 Å². The lowest BCUT2D eigenvalue weighted by Crippen LogP contribution is -2.30. The molecule has 0 radical (unpaired) electrons. The zero-order valence-corrected chi connectivity index (χ0v) is 12.8. The monoisotopic (exact) mass is 293 g/mol. The number of imidazole rings is 1. The van der Waals surface area contributed by atoms with E-state index in [2.05, 4.69) is 34.0 Å².